The van der Waals surface area contributed by atoms with Crippen molar-refractivity contribution in [3.63, 3.8) is 0 Å². The summed E-state index contributed by atoms with van der Waals surface area (Å²) >= 11 is 0. The molecule has 2 heterocycles. The van der Waals surface area contributed by atoms with E-state index in [2.05, 4.69) is 20.6 Å². The molecule has 3 amide bonds. The zero-order valence-corrected chi connectivity index (χ0v) is 11.5. The van der Waals surface area contributed by atoms with Crippen LogP contribution >= 0.6 is 0 Å². The topological polar surface area (TPSA) is 84.0 Å². The second-order valence-corrected chi connectivity index (χ2v) is 4.90. The maximum absolute atomic E-state index is 11.6. The summed E-state index contributed by atoms with van der Waals surface area (Å²) in [5, 5.41) is 4.75. The van der Waals surface area contributed by atoms with Crippen molar-refractivity contribution < 1.29 is 9.59 Å². The summed E-state index contributed by atoms with van der Waals surface area (Å²) in [6.07, 6.45) is 2.01. The monoisotopic (exact) mass is 282 g/mol. The van der Waals surface area contributed by atoms with Gasteiger partial charge in [0, 0.05) is 18.2 Å². The summed E-state index contributed by atoms with van der Waals surface area (Å²) in [6.45, 7) is 1.94. The summed E-state index contributed by atoms with van der Waals surface area (Å²) in [6, 6.07) is 8.71. The summed E-state index contributed by atoms with van der Waals surface area (Å²) in [4.78, 5) is 31.4. The molecule has 6 nitrogen and oxygen atoms in total. The van der Waals surface area contributed by atoms with Crippen LogP contribution in [0.15, 0.2) is 36.5 Å². The third-order valence-electron chi connectivity index (χ3n) is 3.31. The molecule has 106 valence electrons. The molecule has 1 saturated heterocycles. The molecule has 1 aromatic heterocycles. The molecular formula is C15H14N4O2. The van der Waals surface area contributed by atoms with Gasteiger partial charge in [0.2, 0.25) is 0 Å². The first-order valence-corrected chi connectivity index (χ1v) is 6.63. The average Bonchev–Trinajstić information content (AvgIpc) is 2.80. The number of hydrogen-bond acceptors (Lipinski definition) is 4. The maximum atomic E-state index is 11.6. The van der Waals surface area contributed by atoms with E-state index in [4.69, 9.17) is 0 Å². The summed E-state index contributed by atoms with van der Waals surface area (Å²) in [5.74, 6) is 0.187. The lowest BCUT2D eigenvalue weighted by Crippen LogP contribution is -2.31. The quantitative estimate of drug-likeness (QED) is 0.829. The molecular weight excluding hydrogens is 268 g/mol. The number of rotatable bonds is 3. The van der Waals surface area contributed by atoms with Crippen LogP contribution in [0.25, 0.3) is 11.3 Å². The standard InChI is InChI=1S/C15H14N4O2/c1-9-8-16-12(7-11-14(20)19-15(21)17-11)18-13(9)10-5-3-2-4-6-10/h2-6,8,11H,7H2,1H3,(H2,17,19,20,21). The average molecular weight is 282 g/mol. The predicted molar refractivity (Wildman–Crippen MR) is 76.4 cm³/mol. The van der Waals surface area contributed by atoms with Gasteiger partial charge in [-0.15, -0.1) is 0 Å². The van der Waals surface area contributed by atoms with Crippen molar-refractivity contribution in [2.24, 2.45) is 0 Å². The highest BCUT2D eigenvalue weighted by molar-refractivity contribution is 6.04. The predicted octanol–water partition coefficient (Wildman–Crippen LogP) is 1.20. The van der Waals surface area contributed by atoms with E-state index in [1.165, 1.54) is 0 Å². The van der Waals surface area contributed by atoms with Crippen molar-refractivity contribution in [2.45, 2.75) is 19.4 Å². The van der Waals surface area contributed by atoms with Crippen molar-refractivity contribution >= 4 is 11.9 Å². The number of carbonyl (C=O) groups is 2. The lowest BCUT2D eigenvalue weighted by Gasteiger charge is -2.09. The van der Waals surface area contributed by atoms with Gasteiger partial charge in [-0.25, -0.2) is 14.8 Å². The number of aryl methyl sites for hydroxylation is 1. The van der Waals surface area contributed by atoms with Gasteiger partial charge in [-0.1, -0.05) is 30.3 Å². The third kappa shape index (κ3) is 2.74. The highest BCUT2D eigenvalue weighted by Crippen LogP contribution is 2.20. The van der Waals surface area contributed by atoms with Crippen molar-refractivity contribution in [3.8, 4) is 11.3 Å². The van der Waals surface area contributed by atoms with Gasteiger partial charge in [0.15, 0.2) is 0 Å². The molecule has 6 heteroatoms. The van der Waals surface area contributed by atoms with Crippen LogP contribution in [0, 0.1) is 6.92 Å². The molecule has 0 saturated carbocycles. The first-order valence-electron chi connectivity index (χ1n) is 6.63. The minimum atomic E-state index is -0.608. The van der Waals surface area contributed by atoms with Gasteiger partial charge in [0.25, 0.3) is 5.91 Å². The highest BCUT2D eigenvalue weighted by atomic mass is 16.2. The maximum Gasteiger partial charge on any atom is 0.322 e. The van der Waals surface area contributed by atoms with E-state index in [-0.39, 0.29) is 12.3 Å². The van der Waals surface area contributed by atoms with E-state index >= 15 is 0 Å². The number of carbonyl (C=O) groups excluding carboxylic acids is 2. The molecule has 0 aliphatic carbocycles. The van der Waals surface area contributed by atoms with E-state index in [0.717, 1.165) is 16.8 Å². The number of hydrogen-bond donors (Lipinski definition) is 2. The second kappa shape index (κ2) is 5.32. The Labute approximate surface area is 121 Å². The van der Waals surface area contributed by atoms with Crippen molar-refractivity contribution in [1.82, 2.24) is 20.6 Å². The molecule has 1 atom stereocenters. The van der Waals surface area contributed by atoms with Crippen molar-refractivity contribution in [2.75, 3.05) is 0 Å². The Morgan fingerprint density at radius 3 is 2.62 bits per heavy atom. The van der Waals surface area contributed by atoms with Gasteiger partial charge in [-0.2, -0.15) is 0 Å². The lowest BCUT2D eigenvalue weighted by atomic mass is 10.1. The van der Waals surface area contributed by atoms with Gasteiger partial charge in [0.1, 0.15) is 11.9 Å². The number of nitrogens with one attached hydrogen (secondary N) is 2. The Morgan fingerprint density at radius 1 is 1.19 bits per heavy atom. The van der Waals surface area contributed by atoms with Crippen LogP contribution in [0.2, 0.25) is 0 Å². The molecule has 21 heavy (non-hydrogen) atoms. The van der Waals surface area contributed by atoms with Crippen LogP contribution in [0.5, 0.6) is 0 Å². The van der Waals surface area contributed by atoms with Gasteiger partial charge < -0.3 is 5.32 Å². The van der Waals surface area contributed by atoms with E-state index in [1.807, 2.05) is 37.3 Å². The minimum Gasteiger partial charge on any atom is -0.326 e. The first kappa shape index (κ1) is 13.2. The van der Waals surface area contributed by atoms with Crippen molar-refractivity contribution in [3.05, 3.63) is 47.9 Å². The normalized spacial score (nSPS) is 17.5. The van der Waals surface area contributed by atoms with Crippen LogP contribution < -0.4 is 10.6 Å². The number of aromatic nitrogens is 2. The van der Waals surface area contributed by atoms with E-state index < -0.39 is 12.1 Å². The van der Waals surface area contributed by atoms with Gasteiger partial charge >= 0.3 is 6.03 Å². The fraction of sp³-hybridized carbons (Fsp3) is 0.200. The van der Waals surface area contributed by atoms with Crippen LogP contribution in [-0.2, 0) is 11.2 Å². The first-order chi connectivity index (χ1) is 10.1. The molecule has 2 N–H and O–H groups in total. The molecule has 0 bridgehead atoms. The molecule has 1 aliphatic heterocycles. The molecule has 1 aliphatic rings. The van der Waals surface area contributed by atoms with Crippen molar-refractivity contribution in [1.29, 1.82) is 0 Å². The van der Waals surface area contributed by atoms with Crippen LogP contribution in [0.3, 0.4) is 0 Å². The van der Waals surface area contributed by atoms with Gasteiger partial charge in [0.05, 0.1) is 5.69 Å². The Morgan fingerprint density at radius 2 is 1.95 bits per heavy atom. The molecule has 1 unspecified atom stereocenters. The SMILES string of the molecule is Cc1cnc(CC2NC(=O)NC2=O)nc1-c1ccccc1. The molecule has 1 aromatic carbocycles. The summed E-state index contributed by atoms with van der Waals surface area (Å²) in [5.41, 5.74) is 2.80. The molecule has 3 rings (SSSR count). The Balaban J connectivity index is 1.88. The Hall–Kier alpha value is -2.76. The number of benzene rings is 1. The zero-order chi connectivity index (χ0) is 14.8. The van der Waals surface area contributed by atoms with Crippen LogP contribution in [0.4, 0.5) is 4.79 Å². The fourth-order valence-corrected chi connectivity index (χ4v) is 2.25. The lowest BCUT2D eigenvalue weighted by molar-refractivity contribution is -0.120. The second-order valence-electron chi connectivity index (χ2n) is 4.90. The Bertz CT molecular complexity index is 700. The van der Waals surface area contributed by atoms with Crippen LogP contribution in [0.1, 0.15) is 11.4 Å². The van der Waals surface area contributed by atoms with E-state index in [1.54, 1.807) is 6.20 Å². The zero-order valence-electron chi connectivity index (χ0n) is 11.5. The molecule has 0 spiro atoms. The highest BCUT2D eigenvalue weighted by Gasteiger charge is 2.30. The number of amides is 3. The molecule has 2 aromatic rings. The van der Waals surface area contributed by atoms with Gasteiger partial charge in [-0.05, 0) is 12.5 Å². The number of imide groups is 1. The largest absolute Gasteiger partial charge is 0.326 e. The third-order valence-corrected chi connectivity index (χ3v) is 3.31. The van der Waals surface area contributed by atoms with Gasteiger partial charge in [-0.3, -0.25) is 10.1 Å². The fourth-order valence-electron chi connectivity index (χ4n) is 2.25. The smallest absolute Gasteiger partial charge is 0.322 e. The summed E-state index contributed by atoms with van der Waals surface area (Å²) in [7, 11) is 0. The Kier molecular flexibility index (Phi) is 3.35. The van der Waals surface area contributed by atoms with E-state index in [0.29, 0.717) is 5.82 Å². The number of nitrogens with zero attached hydrogens (tertiary/aromatic N) is 2. The molecule has 1 fully saturated rings. The minimum absolute atomic E-state index is 0.275. The summed E-state index contributed by atoms with van der Waals surface area (Å²) < 4.78 is 0. The number of urea groups is 1. The van der Waals surface area contributed by atoms with E-state index in [9.17, 15) is 9.59 Å². The molecule has 0 radical (unpaired) electrons. The van der Waals surface area contributed by atoms with Crippen LogP contribution in [-0.4, -0.2) is 27.9 Å².